The summed E-state index contributed by atoms with van der Waals surface area (Å²) < 4.78 is 1.83. The van der Waals surface area contributed by atoms with Crippen molar-refractivity contribution in [1.29, 1.82) is 0 Å². The fourth-order valence-corrected chi connectivity index (χ4v) is 4.02. The van der Waals surface area contributed by atoms with Crippen LogP contribution in [-0.2, 0) is 4.79 Å². The van der Waals surface area contributed by atoms with Gasteiger partial charge in [-0.25, -0.2) is 4.52 Å². The molecule has 1 amide bonds. The number of carbonyl (C=O) groups excluding carboxylic acids is 1. The standard InChI is InChI=1S/C21H30N8O/c1-5-8-21(3,4)19(30)27-10-12-28(13-11-27)20-23-18(16-7-6-9-29(16)26-20)22-17-14-15(2)24-25-17/h6-7,9,14H,5,8,10-13H2,1-4H3,(H2,22,23,24,25,26). The van der Waals surface area contributed by atoms with Gasteiger partial charge in [-0.05, 0) is 25.5 Å². The number of aryl methyl sites for hydroxylation is 1. The van der Waals surface area contributed by atoms with Crippen LogP contribution >= 0.6 is 0 Å². The second-order valence-corrected chi connectivity index (χ2v) is 8.57. The molecule has 0 radical (unpaired) electrons. The van der Waals surface area contributed by atoms with E-state index in [0.717, 1.165) is 24.1 Å². The monoisotopic (exact) mass is 410 g/mol. The van der Waals surface area contributed by atoms with Gasteiger partial charge in [0.1, 0.15) is 5.52 Å². The number of nitrogens with zero attached hydrogens (tertiary/aromatic N) is 6. The number of nitrogens with one attached hydrogen (secondary N) is 2. The Morgan fingerprint density at radius 2 is 2.03 bits per heavy atom. The zero-order valence-electron chi connectivity index (χ0n) is 18.1. The normalized spacial score (nSPS) is 15.1. The van der Waals surface area contributed by atoms with Crippen LogP contribution < -0.4 is 10.2 Å². The van der Waals surface area contributed by atoms with Gasteiger partial charge in [0.15, 0.2) is 11.6 Å². The molecule has 3 aromatic heterocycles. The zero-order chi connectivity index (χ0) is 21.3. The summed E-state index contributed by atoms with van der Waals surface area (Å²) in [5, 5.41) is 15.1. The highest BCUT2D eigenvalue weighted by atomic mass is 16.2. The van der Waals surface area contributed by atoms with E-state index in [0.29, 0.717) is 43.8 Å². The molecule has 1 aliphatic heterocycles. The molecule has 4 heterocycles. The Bertz CT molecular complexity index is 1030. The quantitative estimate of drug-likeness (QED) is 0.649. The lowest BCUT2D eigenvalue weighted by atomic mass is 9.86. The molecule has 160 valence electrons. The first-order chi connectivity index (χ1) is 14.4. The zero-order valence-corrected chi connectivity index (χ0v) is 18.1. The van der Waals surface area contributed by atoms with E-state index in [9.17, 15) is 4.79 Å². The Balaban J connectivity index is 1.51. The van der Waals surface area contributed by atoms with Crippen molar-refractivity contribution >= 4 is 29.0 Å². The lowest BCUT2D eigenvalue weighted by Crippen LogP contribution is -2.52. The number of H-pyrrole nitrogens is 1. The van der Waals surface area contributed by atoms with Crippen LogP contribution in [0.3, 0.4) is 0 Å². The van der Waals surface area contributed by atoms with E-state index in [2.05, 4.69) is 32.4 Å². The number of hydrogen-bond acceptors (Lipinski definition) is 6. The molecule has 0 bridgehead atoms. The van der Waals surface area contributed by atoms with Crippen LogP contribution in [0.2, 0.25) is 0 Å². The fourth-order valence-electron chi connectivity index (χ4n) is 4.02. The molecule has 3 aromatic rings. The van der Waals surface area contributed by atoms with E-state index in [1.165, 1.54) is 0 Å². The average molecular weight is 411 g/mol. The van der Waals surface area contributed by atoms with Crippen molar-refractivity contribution in [3.63, 3.8) is 0 Å². The van der Waals surface area contributed by atoms with Gasteiger partial charge in [0.2, 0.25) is 11.9 Å². The summed E-state index contributed by atoms with van der Waals surface area (Å²) in [5.41, 5.74) is 1.55. The number of piperazine rings is 1. The predicted octanol–water partition coefficient (Wildman–Crippen LogP) is 2.98. The maximum atomic E-state index is 12.9. The molecule has 30 heavy (non-hydrogen) atoms. The number of carbonyl (C=O) groups is 1. The predicted molar refractivity (Wildman–Crippen MR) is 117 cm³/mol. The third kappa shape index (κ3) is 3.96. The van der Waals surface area contributed by atoms with E-state index in [1.54, 1.807) is 0 Å². The third-order valence-corrected chi connectivity index (χ3v) is 5.64. The number of rotatable bonds is 6. The minimum absolute atomic E-state index is 0.238. The van der Waals surface area contributed by atoms with E-state index in [4.69, 9.17) is 4.98 Å². The second kappa shape index (κ2) is 7.97. The van der Waals surface area contributed by atoms with Crippen LogP contribution in [0.5, 0.6) is 0 Å². The molecule has 9 nitrogen and oxygen atoms in total. The van der Waals surface area contributed by atoms with Crippen LogP contribution in [0, 0.1) is 12.3 Å². The lowest BCUT2D eigenvalue weighted by Gasteiger charge is -2.38. The van der Waals surface area contributed by atoms with Gasteiger partial charge >= 0.3 is 0 Å². The molecule has 0 aliphatic carbocycles. The molecule has 0 saturated carbocycles. The van der Waals surface area contributed by atoms with Crippen LogP contribution in [0.25, 0.3) is 5.52 Å². The van der Waals surface area contributed by atoms with E-state index < -0.39 is 0 Å². The van der Waals surface area contributed by atoms with Crippen LogP contribution in [0.1, 0.15) is 39.3 Å². The molecule has 4 rings (SSSR count). The molecule has 2 N–H and O–H groups in total. The molecule has 1 aliphatic rings. The molecule has 0 spiro atoms. The number of hydrogen-bond donors (Lipinski definition) is 2. The van der Waals surface area contributed by atoms with Crippen molar-refractivity contribution in [3.05, 3.63) is 30.1 Å². The summed E-state index contributed by atoms with van der Waals surface area (Å²) in [5.74, 6) is 2.31. The highest BCUT2D eigenvalue weighted by molar-refractivity contribution is 5.82. The molecule has 1 saturated heterocycles. The van der Waals surface area contributed by atoms with Gasteiger partial charge in [0, 0.05) is 49.6 Å². The van der Waals surface area contributed by atoms with Gasteiger partial charge in [0.25, 0.3) is 0 Å². The fraction of sp³-hybridized carbons (Fsp3) is 0.524. The van der Waals surface area contributed by atoms with Crippen molar-refractivity contribution in [2.45, 2.75) is 40.5 Å². The van der Waals surface area contributed by atoms with Crippen molar-refractivity contribution in [3.8, 4) is 0 Å². The summed E-state index contributed by atoms with van der Waals surface area (Å²) in [6.45, 7) is 11.0. The smallest absolute Gasteiger partial charge is 0.245 e. The minimum atomic E-state index is -0.309. The van der Waals surface area contributed by atoms with E-state index in [1.807, 2.05) is 54.6 Å². The van der Waals surface area contributed by atoms with Gasteiger partial charge in [-0.3, -0.25) is 9.89 Å². The maximum Gasteiger partial charge on any atom is 0.245 e. The molecule has 0 aromatic carbocycles. The van der Waals surface area contributed by atoms with Gasteiger partial charge in [-0.2, -0.15) is 10.1 Å². The van der Waals surface area contributed by atoms with Crippen molar-refractivity contribution in [2.75, 3.05) is 36.4 Å². The number of aromatic amines is 1. The minimum Gasteiger partial charge on any atom is -0.339 e. The SMILES string of the molecule is CCCC(C)(C)C(=O)N1CCN(c2nc(Nc3cc(C)[nH]n3)c3cccn3n2)CC1. The Kier molecular flexibility index (Phi) is 5.36. The molecular formula is C21H30N8O. The highest BCUT2D eigenvalue weighted by Gasteiger charge is 2.33. The maximum absolute atomic E-state index is 12.9. The first-order valence-corrected chi connectivity index (χ1v) is 10.6. The number of amides is 1. The first kappa shape index (κ1) is 20.2. The molecule has 0 atom stereocenters. The number of aromatic nitrogens is 5. The molecule has 1 fully saturated rings. The van der Waals surface area contributed by atoms with Gasteiger partial charge in [-0.15, -0.1) is 5.10 Å². The van der Waals surface area contributed by atoms with Gasteiger partial charge in [0.05, 0.1) is 0 Å². The van der Waals surface area contributed by atoms with Crippen molar-refractivity contribution in [2.24, 2.45) is 5.41 Å². The molecule has 0 unspecified atom stereocenters. The summed E-state index contributed by atoms with van der Waals surface area (Å²) in [6, 6.07) is 5.85. The van der Waals surface area contributed by atoms with Gasteiger partial charge < -0.3 is 15.1 Å². The molecular weight excluding hydrogens is 380 g/mol. The van der Waals surface area contributed by atoms with Crippen LogP contribution in [0.4, 0.5) is 17.6 Å². The Morgan fingerprint density at radius 1 is 1.27 bits per heavy atom. The van der Waals surface area contributed by atoms with Crippen molar-refractivity contribution in [1.82, 2.24) is 29.7 Å². The second-order valence-electron chi connectivity index (χ2n) is 8.57. The first-order valence-electron chi connectivity index (χ1n) is 10.6. The Labute approximate surface area is 176 Å². The third-order valence-electron chi connectivity index (χ3n) is 5.64. The largest absolute Gasteiger partial charge is 0.339 e. The summed E-state index contributed by atoms with van der Waals surface area (Å²) >= 11 is 0. The van der Waals surface area contributed by atoms with Gasteiger partial charge in [-0.1, -0.05) is 27.2 Å². The lowest BCUT2D eigenvalue weighted by molar-refractivity contribution is -0.141. The summed E-state index contributed by atoms with van der Waals surface area (Å²) in [7, 11) is 0. The Morgan fingerprint density at radius 3 is 2.70 bits per heavy atom. The summed E-state index contributed by atoms with van der Waals surface area (Å²) in [4.78, 5) is 21.8. The average Bonchev–Trinajstić information content (AvgIpc) is 3.36. The summed E-state index contributed by atoms with van der Waals surface area (Å²) in [6.07, 6.45) is 3.82. The van der Waals surface area contributed by atoms with Crippen LogP contribution in [-0.4, -0.2) is 61.8 Å². The number of fused-ring (bicyclic) bond motifs is 1. The number of anilines is 3. The Hall–Kier alpha value is -3.10. The van der Waals surface area contributed by atoms with Crippen LogP contribution in [0.15, 0.2) is 24.4 Å². The van der Waals surface area contributed by atoms with Crippen molar-refractivity contribution < 1.29 is 4.79 Å². The topological polar surface area (TPSA) is 94.5 Å². The van der Waals surface area contributed by atoms with E-state index in [-0.39, 0.29) is 11.3 Å². The van der Waals surface area contributed by atoms with E-state index >= 15 is 0 Å². The molecule has 9 heteroatoms. The highest BCUT2D eigenvalue weighted by Crippen LogP contribution is 2.27.